The van der Waals surface area contributed by atoms with Crippen LogP contribution in [-0.2, 0) is 0 Å². The molecule has 2 heterocycles. The van der Waals surface area contributed by atoms with Gasteiger partial charge in [-0.15, -0.1) is 0 Å². The lowest BCUT2D eigenvalue weighted by molar-refractivity contribution is 0.0371. The number of aryl methyl sites for hydroxylation is 2. The van der Waals surface area contributed by atoms with Crippen molar-refractivity contribution in [1.82, 2.24) is 15.0 Å². The fourth-order valence-corrected chi connectivity index (χ4v) is 5.35. The molecule has 0 radical (unpaired) electrons. The van der Waals surface area contributed by atoms with E-state index in [1.807, 2.05) is 49.4 Å². The van der Waals surface area contributed by atoms with Gasteiger partial charge in [-0.05, 0) is 50.4 Å². The summed E-state index contributed by atoms with van der Waals surface area (Å²) in [7, 11) is 1.66. The van der Waals surface area contributed by atoms with Gasteiger partial charge in [0.1, 0.15) is 23.2 Å². The zero-order valence-corrected chi connectivity index (χ0v) is 26.0. The minimum Gasteiger partial charge on any atom is -0.487 e. The number of nitrogens with one attached hydrogen (secondary N) is 3. The Labute approximate surface area is 261 Å². The van der Waals surface area contributed by atoms with Gasteiger partial charge < -0.3 is 40.1 Å². The number of hydrogen-bond acceptors (Lipinski definition) is 7. The van der Waals surface area contributed by atoms with E-state index in [0.717, 1.165) is 10.8 Å². The Morgan fingerprint density at radius 3 is 2.58 bits per heavy atom. The fraction of sp³-hybridized carbons (Fsp3) is 0.333. The zero-order chi connectivity index (χ0) is 32.2. The van der Waals surface area contributed by atoms with Crippen molar-refractivity contribution < 1.29 is 28.8 Å². The number of nitrogens with zero attached hydrogens (tertiary/aromatic N) is 3. The van der Waals surface area contributed by atoms with Crippen LogP contribution >= 0.6 is 0 Å². The molecule has 0 fully saturated rings. The Morgan fingerprint density at radius 1 is 1.09 bits per heavy atom. The Morgan fingerprint density at radius 2 is 1.84 bits per heavy atom. The number of carbonyl (C=O) groups excluding carboxylic acids is 3. The maximum Gasteiger partial charge on any atom is 0.323 e. The highest BCUT2D eigenvalue weighted by Crippen LogP contribution is 2.31. The van der Waals surface area contributed by atoms with Crippen LogP contribution in [0.3, 0.4) is 0 Å². The quantitative estimate of drug-likeness (QED) is 0.216. The van der Waals surface area contributed by atoms with Crippen molar-refractivity contribution in [3.8, 4) is 5.75 Å². The molecule has 5 amide bonds. The van der Waals surface area contributed by atoms with Crippen molar-refractivity contribution in [3.63, 3.8) is 0 Å². The largest absolute Gasteiger partial charge is 0.487 e. The molecule has 0 aliphatic carbocycles. The number of carbonyl (C=O) groups is 3. The highest BCUT2D eigenvalue weighted by Gasteiger charge is 2.34. The number of ether oxygens (including phenoxy) is 1. The van der Waals surface area contributed by atoms with E-state index in [-0.39, 0.29) is 43.1 Å². The number of likely N-dealkylation sites (N-methyl/N-ethyl adjacent to an activating group) is 1. The lowest BCUT2D eigenvalue weighted by Gasteiger charge is -2.38. The molecule has 0 unspecified atom stereocenters. The van der Waals surface area contributed by atoms with Crippen LogP contribution in [0.1, 0.15) is 35.7 Å². The minimum absolute atomic E-state index is 0.199. The second-order valence-electron chi connectivity index (χ2n) is 11.4. The predicted molar refractivity (Wildman–Crippen MR) is 172 cm³/mol. The summed E-state index contributed by atoms with van der Waals surface area (Å²) in [6, 6.07) is 16.9. The zero-order valence-electron chi connectivity index (χ0n) is 26.0. The summed E-state index contributed by atoms with van der Waals surface area (Å²) in [6.45, 7) is 7.43. The molecule has 45 heavy (non-hydrogen) atoms. The third kappa shape index (κ3) is 6.86. The number of benzene rings is 3. The average molecular weight is 615 g/mol. The Bertz CT molecular complexity index is 1700. The van der Waals surface area contributed by atoms with Crippen molar-refractivity contribution in [1.29, 1.82) is 0 Å². The Kier molecular flexibility index (Phi) is 9.24. The molecule has 0 bridgehead atoms. The summed E-state index contributed by atoms with van der Waals surface area (Å²) in [5.74, 6) is 0.279. The van der Waals surface area contributed by atoms with Crippen molar-refractivity contribution in [2.24, 2.45) is 5.92 Å². The second-order valence-corrected chi connectivity index (χ2v) is 11.4. The summed E-state index contributed by atoms with van der Waals surface area (Å²) in [6.07, 6.45) is -0.501. The van der Waals surface area contributed by atoms with Crippen LogP contribution in [0.15, 0.2) is 65.2 Å². The molecule has 0 spiro atoms. The molecule has 236 valence electrons. The third-order valence-electron chi connectivity index (χ3n) is 8.03. The van der Waals surface area contributed by atoms with Crippen LogP contribution < -0.4 is 20.7 Å². The van der Waals surface area contributed by atoms with Gasteiger partial charge in [-0.1, -0.05) is 48.5 Å². The molecule has 1 aromatic heterocycles. The van der Waals surface area contributed by atoms with Crippen LogP contribution in [0.2, 0.25) is 0 Å². The number of hydrogen-bond donors (Lipinski definition) is 4. The third-order valence-corrected chi connectivity index (χ3v) is 8.03. The number of aliphatic hydroxyl groups excluding tert-OH is 1. The van der Waals surface area contributed by atoms with Crippen LogP contribution in [0, 0.1) is 19.8 Å². The molecule has 4 aromatic rings. The first kappa shape index (κ1) is 31.3. The number of fused-ring (bicyclic) bond motifs is 2. The molecule has 12 nitrogen and oxygen atoms in total. The first-order valence-corrected chi connectivity index (χ1v) is 14.8. The van der Waals surface area contributed by atoms with E-state index in [0.29, 0.717) is 34.3 Å². The summed E-state index contributed by atoms with van der Waals surface area (Å²) >= 11 is 0. The first-order chi connectivity index (χ1) is 21.5. The molecule has 1 aliphatic heterocycles. The second kappa shape index (κ2) is 13.3. The van der Waals surface area contributed by atoms with Gasteiger partial charge in [0.05, 0.1) is 30.4 Å². The summed E-state index contributed by atoms with van der Waals surface area (Å²) in [4.78, 5) is 43.0. The molecule has 3 atom stereocenters. The van der Waals surface area contributed by atoms with Crippen LogP contribution in [-0.4, -0.2) is 76.9 Å². The lowest BCUT2D eigenvalue weighted by atomic mass is 9.99. The number of amides is 5. The normalized spacial score (nSPS) is 17.0. The van der Waals surface area contributed by atoms with E-state index < -0.39 is 18.2 Å². The molecule has 3 aromatic carbocycles. The molecular formula is C33H38N6O6. The van der Waals surface area contributed by atoms with Crippen molar-refractivity contribution in [3.05, 3.63) is 77.7 Å². The highest BCUT2D eigenvalue weighted by atomic mass is 16.5. The lowest BCUT2D eigenvalue weighted by Crippen LogP contribution is -2.50. The maximum atomic E-state index is 13.8. The molecule has 4 N–H and O–H groups in total. The van der Waals surface area contributed by atoms with Crippen LogP contribution in [0.25, 0.3) is 10.8 Å². The average Bonchev–Trinajstić information content (AvgIpc) is 3.34. The Balaban J connectivity index is 1.37. The number of urea groups is 2. The van der Waals surface area contributed by atoms with Gasteiger partial charge in [0, 0.05) is 30.6 Å². The van der Waals surface area contributed by atoms with Crippen LogP contribution in [0.4, 0.5) is 26.7 Å². The SMILES string of the molecule is Cc1noc(C)c1NC(=O)N(C)C[C@@H]1Oc2ccc(NC(=O)Nc3cccc4ccccc34)cc2C(=O)N([C@H](C)CO)C[C@H]1C. The maximum absolute atomic E-state index is 13.8. The molecule has 12 heteroatoms. The van der Waals surface area contributed by atoms with Gasteiger partial charge in [-0.2, -0.15) is 0 Å². The van der Waals surface area contributed by atoms with E-state index in [9.17, 15) is 19.5 Å². The van der Waals surface area contributed by atoms with Gasteiger partial charge in [0.2, 0.25) is 0 Å². The van der Waals surface area contributed by atoms with E-state index in [1.54, 1.807) is 50.9 Å². The number of rotatable bonds is 7. The molecule has 1 aliphatic rings. The summed E-state index contributed by atoms with van der Waals surface area (Å²) in [5.41, 5.74) is 2.36. The van der Waals surface area contributed by atoms with Gasteiger partial charge in [-0.25, -0.2) is 9.59 Å². The fourth-order valence-electron chi connectivity index (χ4n) is 5.35. The topological polar surface area (TPSA) is 149 Å². The molecule has 0 saturated heterocycles. The Hall–Kier alpha value is -5.10. The number of anilines is 3. The van der Waals surface area contributed by atoms with E-state index in [2.05, 4.69) is 21.1 Å². The van der Waals surface area contributed by atoms with Gasteiger partial charge >= 0.3 is 12.1 Å². The van der Waals surface area contributed by atoms with Gasteiger partial charge in [0.15, 0.2) is 5.76 Å². The first-order valence-electron chi connectivity index (χ1n) is 14.8. The molecule has 5 rings (SSSR count). The predicted octanol–water partition coefficient (Wildman–Crippen LogP) is 5.47. The number of aromatic nitrogens is 1. The standard InChI is InChI=1S/C33H38N6O6/c1-19-16-39(20(2)18-40)31(41)26-15-24(34-32(42)35-27-12-8-10-23-9-6-7-11-25(23)27)13-14-28(26)44-29(19)17-38(5)33(43)36-30-21(3)37-45-22(30)4/h6-15,19-20,29,40H,16-18H2,1-5H3,(H,36,43)(H2,34,35,42)/t19-,20-,29+/m1/s1. The van der Waals surface area contributed by atoms with E-state index in [1.165, 1.54) is 4.90 Å². The van der Waals surface area contributed by atoms with Gasteiger partial charge in [-0.3, -0.25) is 4.79 Å². The summed E-state index contributed by atoms with van der Waals surface area (Å²) < 4.78 is 11.5. The van der Waals surface area contributed by atoms with Crippen molar-refractivity contribution in [2.75, 3.05) is 42.7 Å². The summed E-state index contributed by atoms with van der Waals surface area (Å²) in [5, 5.41) is 24.3. The molecular weight excluding hydrogens is 576 g/mol. The van der Waals surface area contributed by atoms with Crippen molar-refractivity contribution in [2.45, 2.75) is 39.8 Å². The van der Waals surface area contributed by atoms with Gasteiger partial charge in [0.25, 0.3) is 5.91 Å². The minimum atomic E-state index is -0.501. The monoisotopic (exact) mass is 614 g/mol. The van der Waals surface area contributed by atoms with Crippen LogP contribution in [0.5, 0.6) is 5.75 Å². The van der Waals surface area contributed by atoms with E-state index in [4.69, 9.17) is 9.26 Å². The van der Waals surface area contributed by atoms with Crippen molar-refractivity contribution >= 4 is 45.8 Å². The molecule has 0 saturated carbocycles. The highest BCUT2D eigenvalue weighted by molar-refractivity contribution is 6.07. The number of aliphatic hydroxyl groups is 1. The smallest absolute Gasteiger partial charge is 0.323 e. The van der Waals surface area contributed by atoms with E-state index >= 15 is 0 Å².